The number of hydrogen-bond donors (Lipinski definition) is 2. The van der Waals surface area contributed by atoms with Crippen molar-refractivity contribution in [1.29, 1.82) is 0 Å². The smallest absolute Gasteiger partial charge is 0.324 e. The van der Waals surface area contributed by atoms with Gasteiger partial charge in [0, 0.05) is 6.61 Å². The molecular formula is C14H25NO5S. The fourth-order valence-electron chi connectivity index (χ4n) is 3.30. The van der Waals surface area contributed by atoms with E-state index in [1.54, 1.807) is 0 Å². The SMILES string of the molecule is CCC1CCC(NS(=O)(=O)CC2CCCO2)(C(=O)O)CC1. The normalized spacial score (nSPS) is 34.0. The summed E-state index contributed by atoms with van der Waals surface area (Å²) in [5, 5.41) is 9.51. The van der Waals surface area contributed by atoms with E-state index in [1.165, 1.54) is 0 Å². The molecule has 0 aromatic rings. The Morgan fingerprint density at radius 2 is 2.00 bits per heavy atom. The lowest BCUT2D eigenvalue weighted by atomic mass is 9.76. The summed E-state index contributed by atoms with van der Waals surface area (Å²) >= 11 is 0. The zero-order valence-corrected chi connectivity index (χ0v) is 13.3. The van der Waals surface area contributed by atoms with E-state index in [4.69, 9.17) is 4.74 Å². The first kappa shape index (κ1) is 16.7. The molecule has 21 heavy (non-hydrogen) atoms. The number of aliphatic carboxylic acids is 1. The molecule has 2 N–H and O–H groups in total. The molecule has 0 aromatic carbocycles. The number of ether oxygens (including phenoxy) is 1. The average molecular weight is 319 g/mol. The molecule has 2 fully saturated rings. The second-order valence-electron chi connectivity index (χ2n) is 6.26. The van der Waals surface area contributed by atoms with Crippen LogP contribution >= 0.6 is 0 Å². The number of nitrogens with one attached hydrogen (secondary N) is 1. The largest absolute Gasteiger partial charge is 0.480 e. The van der Waals surface area contributed by atoms with Crippen molar-refractivity contribution < 1.29 is 23.1 Å². The van der Waals surface area contributed by atoms with Crippen molar-refractivity contribution in [3.05, 3.63) is 0 Å². The zero-order valence-electron chi connectivity index (χ0n) is 12.5. The Morgan fingerprint density at radius 1 is 1.33 bits per heavy atom. The van der Waals surface area contributed by atoms with E-state index in [0.717, 1.165) is 32.1 Å². The number of carboxylic acid groups (broad SMARTS) is 1. The number of carboxylic acids is 1. The van der Waals surface area contributed by atoms with E-state index in [9.17, 15) is 18.3 Å². The monoisotopic (exact) mass is 319 g/mol. The van der Waals surface area contributed by atoms with Crippen molar-refractivity contribution in [3.63, 3.8) is 0 Å². The fourth-order valence-corrected chi connectivity index (χ4v) is 5.02. The van der Waals surface area contributed by atoms with Gasteiger partial charge in [-0.2, -0.15) is 4.72 Å². The lowest BCUT2D eigenvalue weighted by Crippen LogP contribution is -2.57. The molecule has 1 heterocycles. The molecule has 0 spiro atoms. The highest BCUT2D eigenvalue weighted by atomic mass is 32.2. The van der Waals surface area contributed by atoms with Crippen LogP contribution in [0.3, 0.4) is 0 Å². The number of rotatable bonds is 6. The third-order valence-electron chi connectivity index (χ3n) is 4.73. The number of sulfonamides is 1. The van der Waals surface area contributed by atoms with Crippen LogP contribution in [0.2, 0.25) is 0 Å². The first-order valence-corrected chi connectivity index (χ1v) is 9.39. The van der Waals surface area contributed by atoms with Crippen LogP contribution in [0.25, 0.3) is 0 Å². The molecule has 1 unspecified atom stereocenters. The van der Waals surface area contributed by atoms with Gasteiger partial charge in [0.2, 0.25) is 10.0 Å². The Balaban J connectivity index is 2.03. The summed E-state index contributed by atoms with van der Waals surface area (Å²) in [6, 6.07) is 0. The summed E-state index contributed by atoms with van der Waals surface area (Å²) in [6.07, 6.45) is 4.54. The zero-order chi connectivity index (χ0) is 15.5. The van der Waals surface area contributed by atoms with Crippen LogP contribution in [0.15, 0.2) is 0 Å². The van der Waals surface area contributed by atoms with Crippen LogP contribution in [0.1, 0.15) is 51.9 Å². The Kier molecular flexibility index (Phi) is 5.27. The van der Waals surface area contributed by atoms with Gasteiger partial charge >= 0.3 is 5.97 Å². The Hall–Kier alpha value is -0.660. The lowest BCUT2D eigenvalue weighted by Gasteiger charge is -2.37. The fraction of sp³-hybridized carbons (Fsp3) is 0.929. The summed E-state index contributed by atoms with van der Waals surface area (Å²) in [5.41, 5.74) is -1.33. The summed E-state index contributed by atoms with van der Waals surface area (Å²) in [6.45, 7) is 2.67. The van der Waals surface area contributed by atoms with Crippen LogP contribution in [0.5, 0.6) is 0 Å². The van der Waals surface area contributed by atoms with Gasteiger partial charge in [0.05, 0.1) is 11.9 Å². The Morgan fingerprint density at radius 3 is 2.48 bits per heavy atom. The molecule has 2 aliphatic rings. The van der Waals surface area contributed by atoms with Crippen LogP contribution in [0, 0.1) is 5.92 Å². The van der Waals surface area contributed by atoms with E-state index in [1.807, 2.05) is 0 Å². The maximum Gasteiger partial charge on any atom is 0.324 e. The van der Waals surface area contributed by atoms with Crippen molar-refractivity contribution >= 4 is 16.0 Å². The van der Waals surface area contributed by atoms with Gasteiger partial charge in [0.1, 0.15) is 5.54 Å². The molecule has 122 valence electrons. The van der Waals surface area contributed by atoms with Gasteiger partial charge in [0.15, 0.2) is 0 Å². The van der Waals surface area contributed by atoms with Crippen molar-refractivity contribution in [1.82, 2.24) is 4.72 Å². The van der Waals surface area contributed by atoms with Crippen molar-refractivity contribution in [2.45, 2.75) is 63.5 Å². The highest BCUT2D eigenvalue weighted by molar-refractivity contribution is 7.89. The third-order valence-corrected chi connectivity index (χ3v) is 6.24. The van der Waals surface area contributed by atoms with Gasteiger partial charge in [-0.1, -0.05) is 13.3 Å². The quantitative estimate of drug-likeness (QED) is 0.774. The van der Waals surface area contributed by atoms with Gasteiger partial charge in [-0.25, -0.2) is 8.42 Å². The molecule has 1 saturated carbocycles. The Labute approximate surface area is 126 Å². The molecule has 0 bridgehead atoms. The van der Waals surface area contributed by atoms with Crippen molar-refractivity contribution in [3.8, 4) is 0 Å². The minimum absolute atomic E-state index is 0.140. The number of hydrogen-bond acceptors (Lipinski definition) is 4. The third kappa shape index (κ3) is 4.17. The molecule has 2 rings (SSSR count). The van der Waals surface area contributed by atoms with Crippen LogP contribution in [-0.4, -0.2) is 43.5 Å². The molecule has 0 amide bonds. The molecule has 6 nitrogen and oxygen atoms in total. The second-order valence-corrected chi connectivity index (χ2v) is 8.02. The first-order valence-electron chi connectivity index (χ1n) is 7.73. The standard InChI is InChI=1S/C14H25NO5S/c1-2-11-5-7-14(8-6-11,13(16)17)15-21(18,19)10-12-4-3-9-20-12/h11-12,15H,2-10H2,1H3,(H,16,17). The summed E-state index contributed by atoms with van der Waals surface area (Å²) in [5.74, 6) is -0.702. The van der Waals surface area contributed by atoms with E-state index >= 15 is 0 Å². The molecule has 7 heteroatoms. The van der Waals surface area contributed by atoms with Gasteiger partial charge in [-0.15, -0.1) is 0 Å². The summed E-state index contributed by atoms with van der Waals surface area (Å²) in [4.78, 5) is 11.6. The van der Waals surface area contributed by atoms with Crippen LogP contribution in [0.4, 0.5) is 0 Å². The van der Waals surface area contributed by atoms with E-state index in [2.05, 4.69) is 11.6 Å². The van der Waals surface area contributed by atoms with Crippen LogP contribution in [-0.2, 0) is 19.6 Å². The molecular weight excluding hydrogens is 294 g/mol. The molecule has 1 aliphatic carbocycles. The lowest BCUT2D eigenvalue weighted by molar-refractivity contribution is -0.145. The highest BCUT2D eigenvalue weighted by Crippen LogP contribution is 2.34. The molecule has 1 atom stereocenters. The molecule has 0 radical (unpaired) electrons. The van der Waals surface area contributed by atoms with Gasteiger partial charge in [-0.05, 0) is 44.4 Å². The van der Waals surface area contributed by atoms with E-state index < -0.39 is 21.5 Å². The average Bonchev–Trinajstić information content (AvgIpc) is 2.91. The van der Waals surface area contributed by atoms with E-state index in [0.29, 0.717) is 25.4 Å². The second kappa shape index (κ2) is 6.62. The molecule has 0 aromatic heterocycles. The molecule has 1 saturated heterocycles. The maximum absolute atomic E-state index is 12.3. The predicted molar refractivity (Wildman–Crippen MR) is 78.5 cm³/mol. The van der Waals surface area contributed by atoms with Crippen molar-refractivity contribution in [2.24, 2.45) is 5.92 Å². The predicted octanol–water partition coefficient (Wildman–Crippen LogP) is 1.51. The number of carbonyl (C=O) groups is 1. The van der Waals surface area contributed by atoms with E-state index in [-0.39, 0.29) is 11.9 Å². The summed E-state index contributed by atoms with van der Waals surface area (Å²) in [7, 11) is -3.65. The summed E-state index contributed by atoms with van der Waals surface area (Å²) < 4.78 is 32.3. The minimum Gasteiger partial charge on any atom is -0.480 e. The minimum atomic E-state index is -3.65. The first-order chi connectivity index (χ1) is 9.87. The van der Waals surface area contributed by atoms with Gasteiger partial charge < -0.3 is 9.84 Å². The molecule has 1 aliphatic heterocycles. The maximum atomic E-state index is 12.3. The topological polar surface area (TPSA) is 92.7 Å². The highest BCUT2D eigenvalue weighted by Gasteiger charge is 2.45. The van der Waals surface area contributed by atoms with Crippen molar-refractivity contribution in [2.75, 3.05) is 12.4 Å². The van der Waals surface area contributed by atoms with Gasteiger partial charge in [0.25, 0.3) is 0 Å². The van der Waals surface area contributed by atoms with Gasteiger partial charge in [-0.3, -0.25) is 4.79 Å². The Bertz CT molecular complexity index is 462. The van der Waals surface area contributed by atoms with Crippen LogP contribution < -0.4 is 4.72 Å².